The first-order valence-electron chi connectivity index (χ1n) is 6.94. The quantitative estimate of drug-likeness (QED) is 0.912. The number of nitrogens with zero attached hydrogens (tertiary/aromatic N) is 1. The molecule has 2 unspecified atom stereocenters. The molecule has 1 aromatic carbocycles. The second-order valence-electron chi connectivity index (χ2n) is 5.11. The molecule has 0 radical (unpaired) electrons. The molecule has 4 heteroatoms. The lowest BCUT2D eigenvalue weighted by molar-refractivity contribution is -0.133. The standard InChI is InChI=1S/C15H21FN2O/c1-2-10-18-14(19)9-5-8-13(17)15(18)11-6-3-4-7-12(11)16/h3-4,6-7,13,15H,2,5,8-10,17H2,1H3. The van der Waals surface area contributed by atoms with Crippen molar-refractivity contribution in [3.05, 3.63) is 35.6 Å². The van der Waals surface area contributed by atoms with Crippen LogP contribution in [0.15, 0.2) is 24.3 Å². The molecule has 1 aromatic rings. The number of hydrogen-bond donors (Lipinski definition) is 1. The van der Waals surface area contributed by atoms with Crippen LogP contribution in [0, 0.1) is 5.82 Å². The fourth-order valence-corrected chi connectivity index (χ4v) is 2.79. The van der Waals surface area contributed by atoms with Gasteiger partial charge in [-0.3, -0.25) is 4.79 Å². The normalized spacial score (nSPS) is 24.4. The van der Waals surface area contributed by atoms with E-state index >= 15 is 0 Å². The zero-order valence-corrected chi connectivity index (χ0v) is 11.3. The lowest BCUT2D eigenvalue weighted by Gasteiger charge is -2.34. The molecule has 1 heterocycles. The van der Waals surface area contributed by atoms with Crippen molar-refractivity contribution in [2.45, 2.75) is 44.7 Å². The molecule has 1 amide bonds. The summed E-state index contributed by atoms with van der Waals surface area (Å²) >= 11 is 0. The highest BCUT2D eigenvalue weighted by Crippen LogP contribution is 2.31. The van der Waals surface area contributed by atoms with Gasteiger partial charge in [0.1, 0.15) is 5.82 Å². The molecule has 0 saturated carbocycles. The second-order valence-corrected chi connectivity index (χ2v) is 5.11. The number of likely N-dealkylation sites (tertiary alicyclic amines) is 1. The molecule has 0 bridgehead atoms. The van der Waals surface area contributed by atoms with Crippen LogP contribution in [0.1, 0.15) is 44.2 Å². The molecular weight excluding hydrogens is 243 g/mol. The number of nitrogens with two attached hydrogens (primary N) is 1. The predicted molar refractivity (Wildman–Crippen MR) is 73.0 cm³/mol. The topological polar surface area (TPSA) is 46.3 Å². The van der Waals surface area contributed by atoms with Gasteiger partial charge >= 0.3 is 0 Å². The van der Waals surface area contributed by atoms with E-state index in [0.29, 0.717) is 18.5 Å². The van der Waals surface area contributed by atoms with Gasteiger partial charge in [-0.15, -0.1) is 0 Å². The summed E-state index contributed by atoms with van der Waals surface area (Å²) in [7, 11) is 0. The Kier molecular flexibility index (Phi) is 4.53. The van der Waals surface area contributed by atoms with Crippen molar-refractivity contribution in [3.63, 3.8) is 0 Å². The number of halogens is 1. The number of rotatable bonds is 3. The van der Waals surface area contributed by atoms with Crippen molar-refractivity contribution < 1.29 is 9.18 Å². The number of benzene rings is 1. The van der Waals surface area contributed by atoms with Crippen LogP contribution < -0.4 is 5.73 Å². The Morgan fingerprint density at radius 3 is 2.84 bits per heavy atom. The maximum Gasteiger partial charge on any atom is 0.223 e. The van der Waals surface area contributed by atoms with E-state index in [0.717, 1.165) is 19.3 Å². The van der Waals surface area contributed by atoms with Crippen LogP contribution in [-0.4, -0.2) is 23.4 Å². The van der Waals surface area contributed by atoms with Crippen molar-refractivity contribution in [2.75, 3.05) is 6.54 Å². The number of amides is 1. The molecule has 2 N–H and O–H groups in total. The summed E-state index contributed by atoms with van der Waals surface area (Å²) in [6, 6.07) is 6.09. The van der Waals surface area contributed by atoms with Crippen molar-refractivity contribution in [3.8, 4) is 0 Å². The van der Waals surface area contributed by atoms with Gasteiger partial charge in [-0.05, 0) is 25.3 Å². The Morgan fingerprint density at radius 2 is 2.16 bits per heavy atom. The van der Waals surface area contributed by atoms with Gasteiger partial charge in [0.15, 0.2) is 0 Å². The molecule has 1 saturated heterocycles. The van der Waals surface area contributed by atoms with E-state index < -0.39 is 0 Å². The summed E-state index contributed by atoms with van der Waals surface area (Å²) in [5.41, 5.74) is 6.74. The van der Waals surface area contributed by atoms with E-state index in [-0.39, 0.29) is 23.8 Å². The molecule has 2 atom stereocenters. The average Bonchev–Trinajstić information content (AvgIpc) is 2.52. The van der Waals surface area contributed by atoms with Crippen molar-refractivity contribution in [1.82, 2.24) is 4.90 Å². The summed E-state index contributed by atoms with van der Waals surface area (Å²) in [6.07, 6.45) is 2.90. The third-order valence-corrected chi connectivity index (χ3v) is 3.68. The smallest absolute Gasteiger partial charge is 0.223 e. The predicted octanol–water partition coefficient (Wildman–Crippen LogP) is 2.62. The molecule has 1 aliphatic rings. The summed E-state index contributed by atoms with van der Waals surface area (Å²) in [4.78, 5) is 14.0. The highest BCUT2D eigenvalue weighted by molar-refractivity contribution is 5.77. The highest BCUT2D eigenvalue weighted by Gasteiger charge is 2.33. The monoisotopic (exact) mass is 264 g/mol. The van der Waals surface area contributed by atoms with Gasteiger partial charge in [-0.25, -0.2) is 4.39 Å². The minimum Gasteiger partial charge on any atom is -0.334 e. The summed E-state index contributed by atoms with van der Waals surface area (Å²) in [5.74, 6) is -0.193. The minimum atomic E-state index is -0.337. The number of carbonyl (C=O) groups is 1. The van der Waals surface area contributed by atoms with Gasteiger partial charge in [0, 0.05) is 24.6 Å². The van der Waals surface area contributed by atoms with Gasteiger partial charge in [0.25, 0.3) is 0 Å². The van der Waals surface area contributed by atoms with E-state index in [9.17, 15) is 9.18 Å². The molecule has 19 heavy (non-hydrogen) atoms. The van der Waals surface area contributed by atoms with Gasteiger partial charge in [-0.2, -0.15) is 0 Å². The lowest BCUT2D eigenvalue weighted by atomic mass is 9.95. The number of hydrogen-bond acceptors (Lipinski definition) is 2. The van der Waals surface area contributed by atoms with Crippen LogP contribution in [0.2, 0.25) is 0 Å². The Hall–Kier alpha value is -1.42. The van der Waals surface area contributed by atoms with Gasteiger partial charge < -0.3 is 10.6 Å². The molecule has 0 aliphatic carbocycles. The molecular formula is C15H21FN2O. The molecule has 0 aromatic heterocycles. The van der Waals surface area contributed by atoms with E-state index in [1.165, 1.54) is 6.07 Å². The molecule has 2 rings (SSSR count). The summed E-state index contributed by atoms with van der Waals surface area (Å²) in [6.45, 7) is 2.65. The third kappa shape index (κ3) is 2.95. The van der Waals surface area contributed by atoms with E-state index in [1.807, 2.05) is 6.92 Å². The maximum atomic E-state index is 14.0. The minimum absolute atomic E-state index is 0.0862. The molecule has 104 valence electrons. The van der Waals surface area contributed by atoms with Crippen LogP contribution in [-0.2, 0) is 4.79 Å². The van der Waals surface area contributed by atoms with Crippen LogP contribution in [0.4, 0.5) is 4.39 Å². The van der Waals surface area contributed by atoms with Gasteiger partial charge in [0.05, 0.1) is 6.04 Å². The van der Waals surface area contributed by atoms with Crippen LogP contribution in [0.5, 0.6) is 0 Å². The Labute approximate surface area is 113 Å². The maximum absolute atomic E-state index is 14.0. The van der Waals surface area contributed by atoms with Gasteiger partial charge in [0.2, 0.25) is 5.91 Å². The number of carbonyl (C=O) groups excluding carboxylic acids is 1. The Balaban J connectivity index is 2.40. The first-order valence-corrected chi connectivity index (χ1v) is 6.94. The average molecular weight is 264 g/mol. The van der Waals surface area contributed by atoms with Crippen molar-refractivity contribution in [2.24, 2.45) is 5.73 Å². The van der Waals surface area contributed by atoms with E-state index in [2.05, 4.69) is 0 Å². The van der Waals surface area contributed by atoms with Crippen LogP contribution >= 0.6 is 0 Å². The van der Waals surface area contributed by atoms with E-state index in [4.69, 9.17) is 5.73 Å². The fourth-order valence-electron chi connectivity index (χ4n) is 2.79. The first kappa shape index (κ1) is 14.0. The molecule has 1 aliphatic heterocycles. The highest BCUT2D eigenvalue weighted by atomic mass is 19.1. The fraction of sp³-hybridized carbons (Fsp3) is 0.533. The third-order valence-electron chi connectivity index (χ3n) is 3.68. The Bertz CT molecular complexity index is 450. The SMILES string of the molecule is CCCN1C(=O)CCCC(N)C1c1ccccc1F. The molecule has 0 spiro atoms. The lowest BCUT2D eigenvalue weighted by Crippen LogP contribution is -2.43. The second kappa shape index (κ2) is 6.15. The van der Waals surface area contributed by atoms with Crippen LogP contribution in [0.3, 0.4) is 0 Å². The van der Waals surface area contributed by atoms with Crippen molar-refractivity contribution >= 4 is 5.91 Å². The van der Waals surface area contributed by atoms with E-state index in [1.54, 1.807) is 23.1 Å². The summed E-state index contributed by atoms with van der Waals surface area (Å²) in [5, 5.41) is 0. The Morgan fingerprint density at radius 1 is 1.42 bits per heavy atom. The van der Waals surface area contributed by atoms with Gasteiger partial charge in [-0.1, -0.05) is 25.1 Å². The van der Waals surface area contributed by atoms with Crippen molar-refractivity contribution in [1.29, 1.82) is 0 Å². The first-order chi connectivity index (χ1) is 9.15. The largest absolute Gasteiger partial charge is 0.334 e. The molecule has 3 nitrogen and oxygen atoms in total. The molecule has 1 fully saturated rings. The zero-order chi connectivity index (χ0) is 13.8. The zero-order valence-electron chi connectivity index (χ0n) is 11.3. The summed E-state index contributed by atoms with van der Waals surface area (Å²) < 4.78 is 14.0. The van der Waals surface area contributed by atoms with Crippen LogP contribution in [0.25, 0.3) is 0 Å².